The Morgan fingerprint density at radius 1 is 1.14 bits per heavy atom. The predicted molar refractivity (Wildman–Crippen MR) is 137 cm³/mol. The first-order chi connectivity index (χ1) is 17.3. The van der Waals surface area contributed by atoms with Gasteiger partial charge in [-0.1, -0.05) is 36.8 Å². The normalized spacial score (nSPS) is 26.5. The van der Waals surface area contributed by atoms with Crippen LogP contribution in [0.4, 0.5) is 14.9 Å². The van der Waals surface area contributed by atoms with Gasteiger partial charge >= 0.3 is 6.03 Å². The van der Waals surface area contributed by atoms with Gasteiger partial charge in [0, 0.05) is 24.8 Å². The average Bonchev–Trinajstić information content (AvgIpc) is 3.08. The van der Waals surface area contributed by atoms with E-state index in [0.717, 1.165) is 51.3 Å². The zero-order valence-corrected chi connectivity index (χ0v) is 21.3. The summed E-state index contributed by atoms with van der Waals surface area (Å²) in [5.74, 6) is -0.438. The number of urea groups is 1. The first-order valence-corrected chi connectivity index (χ1v) is 13.0. The van der Waals surface area contributed by atoms with Crippen LogP contribution in [-0.4, -0.2) is 70.9 Å². The molecule has 192 valence electrons. The minimum Gasteiger partial charge on any atom is -0.322 e. The molecule has 0 bridgehead atoms. The van der Waals surface area contributed by atoms with Crippen LogP contribution < -0.4 is 5.32 Å². The number of amides is 3. The standard InChI is InChI=1S/C28H36FN5O2/c1-32(2)28(22-9-4-3-5-10-22)14-12-27(13-15-28)20-33(26(36)34(27)18-21-7-6-8-21)19-25(35)31-24-11-16-30-17-23(24)29/h3-5,9-11,16-17,21H,6-8,12-15,18-20H2,1-2H3,(H,30,31,35)/t27-,28-. The molecule has 7 nitrogen and oxygen atoms in total. The van der Waals surface area contributed by atoms with Crippen molar-refractivity contribution < 1.29 is 14.0 Å². The fourth-order valence-corrected chi connectivity index (χ4v) is 6.35. The molecule has 1 spiro atoms. The van der Waals surface area contributed by atoms with Gasteiger partial charge in [-0.2, -0.15) is 0 Å². The SMILES string of the molecule is CN(C)[C@]1(c2ccccc2)CC[C@@]2(CC1)CN(CC(=O)Nc1ccncc1F)C(=O)N2CC1CCC1. The van der Waals surface area contributed by atoms with Gasteiger partial charge in [-0.25, -0.2) is 9.18 Å². The van der Waals surface area contributed by atoms with Crippen molar-refractivity contribution >= 4 is 17.6 Å². The molecule has 36 heavy (non-hydrogen) atoms. The molecule has 1 saturated heterocycles. The van der Waals surface area contributed by atoms with E-state index in [4.69, 9.17) is 0 Å². The van der Waals surface area contributed by atoms with E-state index in [-0.39, 0.29) is 29.3 Å². The number of nitrogens with one attached hydrogen (secondary N) is 1. The zero-order chi connectivity index (χ0) is 25.3. The fourth-order valence-electron chi connectivity index (χ4n) is 6.35. The van der Waals surface area contributed by atoms with Crippen molar-refractivity contribution in [3.63, 3.8) is 0 Å². The van der Waals surface area contributed by atoms with Gasteiger partial charge in [0.25, 0.3) is 0 Å². The number of rotatable bonds is 7. The molecule has 2 aromatic rings. The van der Waals surface area contributed by atoms with E-state index in [9.17, 15) is 14.0 Å². The highest BCUT2D eigenvalue weighted by Crippen LogP contribution is 2.49. The lowest BCUT2D eigenvalue weighted by atomic mass is 9.68. The Hall–Kier alpha value is -3.00. The Kier molecular flexibility index (Phi) is 6.72. The topological polar surface area (TPSA) is 68.8 Å². The molecule has 1 aromatic carbocycles. The number of anilines is 1. The van der Waals surface area contributed by atoms with E-state index in [2.05, 4.69) is 58.5 Å². The molecule has 2 heterocycles. The van der Waals surface area contributed by atoms with Crippen molar-refractivity contribution in [2.45, 2.75) is 56.0 Å². The minimum absolute atomic E-state index is 0.0654. The number of aromatic nitrogens is 1. The van der Waals surface area contributed by atoms with Gasteiger partial charge in [0.1, 0.15) is 6.54 Å². The van der Waals surface area contributed by atoms with Gasteiger partial charge in [-0.05, 0) is 70.2 Å². The summed E-state index contributed by atoms with van der Waals surface area (Å²) < 4.78 is 14.0. The number of pyridine rings is 1. The highest BCUT2D eigenvalue weighted by atomic mass is 19.1. The van der Waals surface area contributed by atoms with Crippen LogP contribution in [0.2, 0.25) is 0 Å². The van der Waals surface area contributed by atoms with E-state index in [0.29, 0.717) is 12.5 Å². The molecule has 2 saturated carbocycles. The highest BCUT2D eigenvalue weighted by molar-refractivity contribution is 5.95. The quantitative estimate of drug-likeness (QED) is 0.618. The smallest absolute Gasteiger partial charge is 0.321 e. The first-order valence-electron chi connectivity index (χ1n) is 13.0. The molecule has 1 aliphatic heterocycles. The first kappa shape index (κ1) is 24.7. The molecule has 1 N–H and O–H groups in total. The molecule has 3 amide bonds. The lowest BCUT2D eigenvalue weighted by Gasteiger charge is -2.51. The Balaban J connectivity index is 1.35. The maximum atomic E-state index is 14.0. The molecule has 5 rings (SSSR count). The second-order valence-electron chi connectivity index (χ2n) is 11.0. The second-order valence-corrected chi connectivity index (χ2v) is 11.0. The minimum atomic E-state index is -0.588. The Morgan fingerprint density at radius 3 is 2.47 bits per heavy atom. The number of halogens is 1. The maximum Gasteiger partial charge on any atom is 0.321 e. The van der Waals surface area contributed by atoms with Gasteiger partial charge in [-0.3, -0.25) is 14.7 Å². The van der Waals surface area contributed by atoms with Crippen LogP contribution in [0.3, 0.4) is 0 Å². The number of carbonyl (C=O) groups is 2. The van der Waals surface area contributed by atoms with Crippen LogP contribution in [0.25, 0.3) is 0 Å². The summed E-state index contributed by atoms with van der Waals surface area (Å²) in [7, 11) is 4.29. The Morgan fingerprint density at radius 2 is 1.86 bits per heavy atom. The van der Waals surface area contributed by atoms with Crippen LogP contribution in [0, 0.1) is 11.7 Å². The van der Waals surface area contributed by atoms with Crippen molar-refractivity contribution in [3.8, 4) is 0 Å². The molecular weight excluding hydrogens is 457 g/mol. The lowest BCUT2D eigenvalue weighted by molar-refractivity contribution is -0.116. The summed E-state index contributed by atoms with van der Waals surface area (Å²) in [4.78, 5) is 36.2. The summed E-state index contributed by atoms with van der Waals surface area (Å²) in [5, 5.41) is 2.60. The molecule has 0 radical (unpaired) electrons. The number of carbonyl (C=O) groups excluding carboxylic acids is 2. The zero-order valence-electron chi connectivity index (χ0n) is 21.3. The average molecular weight is 494 g/mol. The van der Waals surface area contributed by atoms with Crippen LogP contribution >= 0.6 is 0 Å². The van der Waals surface area contributed by atoms with Gasteiger partial charge in [0.05, 0.1) is 17.4 Å². The third kappa shape index (κ3) is 4.47. The van der Waals surface area contributed by atoms with E-state index < -0.39 is 11.7 Å². The molecule has 3 aliphatic rings. The van der Waals surface area contributed by atoms with Crippen molar-refractivity contribution in [3.05, 3.63) is 60.2 Å². The monoisotopic (exact) mass is 493 g/mol. The van der Waals surface area contributed by atoms with E-state index in [1.54, 1.807) is 4.90 Å². The third-order valence-corrected chi connectivity index (χ3v) is 8.78. The summed E-state index contributed by atoms with van der Waals surface area (Å²) >= 11 is 0. The van der Waals surface area contributed by atoms with Crippen molar-refractivity contribution in [2.24, 2.45) is 5.92 Å². The number of hydrogen-bond acceptors (Lipinski definition) is 4. The van der Waals surface area contributed by atoms with Gasteiger partial charge < -0.3 is 15.1 Å². The van der Waals surface area contributed by atoms with E-state index in [1.165, 1.54) is 24.2 Å². The molecule has 1 aromatic heterocycles. The fraction of sp³-hybridized carbons (Fsp3) is 0.536. The molecule has 0 unspecified atom stereocenters. The van der Waals surface area contributed by atoms with Crippen LogP contribution in [0.1, 0.15) is 50.5 Å². The largest absolute Gasteiger partial charge is 0.322 e. The molecule has 2 aliphatic carbocycles. The third-order valence-electron chi connectivity index (χ3n) is 8.78. The summed E-state index contributed by atoms with van der Waals surface area (Å²) in [5.41, 5.74) is 1.05. The molecule has 3 fully saturated rings. The number of benzene rings is 1. The Labute approximate surface area is 212 Å². The van der Waals surface area contributed by atoms with Gasteiger partial charge in [-0.15, -0.1) is 0 Å². The molecule has 8 heteroatoms. The van der Waals surface area contributed by atoms with Crippen LogP contribution in [0.5, 0.6) is 0 Å². The Bertz CT molecular complexity index is 1100. The van der Waals surface area contributed by atoms with E-state index >= 15 is 0 Å². The second kappa shape index (κ2) is 9.81. The van der Waals surface area contributed by atoms with Crippen LogP contribution in [0.15, 0.2) is 48.8 Å². The molecule has 0 atom stereocenters. The van der Waals surface area contributed by atoms with Crippen molar-refractivity contribution in [2.75, 3.05) is 39.0 Å². The van der Waals surface area contributed by atoms with Crippen LogP contribution in [-0.2, 0) is 10.3 Å². The lowest BCUT2D eigenvalue weighted by Crippen LogP contribution is -2.56. The number of nitrogens with zero attached hydrogens (tertiary/aromatic N) is 4. The summed E-state index contributed by atoms with van der Waals surface area (Å²) in [6.07, 6.45) is 9.70. The predicted octanol–water partition coefficient (Wildman–Crippen LogP) is 4.47. The maximum absolute atomic E-state index is 14.0. The number of hydrogen-bond donors (Lipinski definition) is 1. The summed E-state index contributed by atoms with van der Waals surface area (Å²) in [6.45, 7) is 1.21. The van der Waals surface area contributed by atoms with Gasteiger partial charge in [0.2, 0.25) is 5.91 Å². The summed E-state index contributed by atoms with van der Waals surface area (Å²) in [6, 6.07) is 12.0. The van der Waals surface area contributed by atoms with Crippen molar-refractivity contribution in [1.29, 1.82) is 0 Å². The van der Waals surface area contributed by atoms with Crippen molar-refractivity contribution in [1.82, 2.24) is 19.7 Å². The van der Waals surface area contributed by atoms with E-state index in [1.807, 2.05) is 6.07 Å². The highest BCUT2D eigenvalue weighted by Gasteiger charge is 2.55. The van der Waals surface area contributed by atoms with Gasteiger partial charge in [0.15, 0.2) is 5.82 Å². The molecular formula is C28H36FN5O2.